The Morgan fingerprint density at radius 1 is 1.00 bits per heavy atom. The molecule has 4 rings (SSSR count). The first-order valence-corrected chi connectivity index (χ1v) is 9.90. The van der Waals surface area contributed by atoms with Gasteiger partial charge in [-0.2, -0.15) is 10.2 Å². The molecule has 0 radical (unpaired) electrons. The van der Waals surface area contributed by atoms with Crippen LogP contribution in [0.2, 0.25) is 0 Å². The summed E-state index contributed by atoms with van der Waals surface area (Å²) in [4.78, 5) is 23.8. The maximum atomic E-state index is 12.4. The van der Waals surface area contributed by atoms with E-state index in [1.54, 1.807) is 24.3 Å². The molecule has 1 saturated heterocycles. The van der Waals surface area contributed by atoms with Crippen molar-refractivity contribution in [2.24, 2.45) is 0 Å². The number of rotatable bonds is 5. The SMILES string of the molecule is Cc1cc(Nc2ccc(NC(=O)c3ccc(C#N)cc3)cc2)nc(N2CCCC2)n1. The van der Waals surface area contributed by atoms with Gasteiger partial charge in [-0.3, -0.25) is 4.79 Å². The Morgan fingerprint density at radius 3 is 2.33 bits per heavy atom. The highest BCUT2D eigenvalue weighted by molar-refractivity contribution is 6.04. The summed E-state index contributed by atoms with van der Waals surface area (Å²) in [6, 6.07) is 17.9. The molecular weight excluding hydrogens is 376 g/mol. The molecule has 3 aromatic rings. The number of anilines is 4. The molecular formula is C23H22N6O. The van der Waals surface area contributed by atoms with E-state index in [2.05, 4.69) is 25.5 Å². The average molecular weight is 398 g/mol. The summed E-state index contributed by atoms with van der Waals surface area (Å²) in [5.41, 5.74) is 3.50. The van der Waals surface area contributed by atoms with Crippen LogP contribution in [0, 0.1) is 18.3 Å². The van der Waals surface area contributed by atoms with Gasteiger partial charge in [0, 0.05) is 41.8 Å². The van der Waals surface area contributed by atoms with Gasteiger partial charge < -0.3 is 15.5 Å². The first-order valence-electron chi connectivity index (χ1n) is 9.90. The van der Waals surface area contributed by atoms with Crippen LogP contribution in [0.4, 0.5) is 23.1 Å². The third-order valence-corrected chi connectivity index (χ3v) is 4.92. The second-order valence-corrected chi connectivity index (χ2v) is 7.23. The van der Waals surface area contributed by atoms with E-state index in [0.717, 1.165) is 36.2 Å². The van der Waals surface area contributed by atoms with Crippen LogP contribution in [0.5, 0.6) is 0 Å². The molecule has 2 heterocycles. The molecule has 1 aliphatic rings. The van der Waals surface area contributed by atoms with Crippen LogP contribution >= 0.6 is 0 Å². The number of benzene rings is 2. The van der Waals surface area contributed by atoms with E-state index in [9.17, 15) is 4.79 Å². The average Bonchev–Trinajstić information content (AvgIpc) is 3.30. The van der Waals surface area contributed by atoms with Crippen LogP contribution in [-0.2, 0) is 0 Å². The second kappa shape index (κ2) is 8.62. The van der Waals surface area contributed by atoms with E-state index in [-0.39, 0.29) is 5.91 Å². The highest BCUT2D eigenvalue weighted by Gasteiger charge is 2.16. The van der Waals surface area contributed by atoms with Crippen molar-refractivity contribution in [3.63, 3.8) is 0 Å². The fraction of sp³-hybridized carbons (Fsp3) is 0.217. The highest BCUT2D eigenvalue weighted by atomic mass is 16.1. The van der Waals surface area contributed by atoms with Crippen LogP contribution in [-0.4, -0.2) is 29.0 Å². The summed E-state index contributed by atoms with van der Waals surface area (Å²) < 4.78 is 0. The lowest BCUT2D eigenvalue weighted by molar-refractivity contribution is 0.102. The Hall–Kier alpha value is -3.92. The van der Waals surface area contributed by atoms with Crippen molar-refractivity contribution in [1.82, 2.24) is 9.97 Å². The van der Waals surface area contributed by atoms with Gasteiger partial charge >= 0.3 is 0 Å². The van der Waals surface area contributed by atoms with Crippen molar-refractivity contribution < 1.29 is 4.79 Å². The largest absolute Gasteiger partial charge is 0.341 e. The zero-order chi connectivity index (χ0) is 20.9. The Bertz CT molecular complexity index is 1080. The van der Waals surface area contributed by atoms with E-state index in [1.807, 2.05) is 43.3 Å². The molecule has 7 heteroatoms. The van der Waals surface area contributed by atoms with Gasteiger partial charge in [0.2, 0.25) is 5.95 Å². The van der Waals surface area contributed by atoms with Gasteiger partial charge in [-0.1, -0.05) is 0 Å². The molecule has 0 bridgehead atoms. The van der Waals surface area contributed by atoms with Gasteiger partial charge in [0.25, 0.3) is 5.91 Å². The van der Waals surface area contributed by atoms with Crippen molar-refractivity contribution in [1.29, 1.82) is 5.26 Å². The smallest absolute Gasteiger partial charge is 0.255 e. The van der Waals surface area contributed by atoms with E-state index < -0.39 is 0 Å². The minimum absolute atomic E-state index is 0.220. The Balaban J connectivity index is 1.42. The van der Waals surface area contributed by atoms with E-state index >= 15 is 0 Å². The third-order valence-electron chi connectivity index (χ3n) is 4.92. The molecule has 0 aliphatic carbocycles. The van der Waals surface area contributed by atoms with Gasteiger partial charge in [-0.15, -0.1) is 0 Å². The summed E-state index contributed by atoms with van der Waals surface area (Å²) in [5.74, 6) is 1.29. The summed E-state index contributed by atoms with van der Waals surface area (Å²) in [6.45, 7) is 3.96. The second-order valence-electron chi connectivity index (χ2n) is 7.23. The quantitative estimate of drug-likeness (QED) is 0.667. The van der Waals surface area contributed by atoms with Crippen LogP contribution in [0.25, 0.3) is 0 Å². The first kappa shape index (κ1) is 19.4. The van der Waals surface area contributed by atoms with Gasteiger partial charge in [-0.05, 0) is 68.3 Å². The molecule has 2 aromatic carbocycles. The van der Waals surface area contributed by atoms with Gasteiger partial charge in [0.1, 0.15) is 5.82 Å². The molecule has 0 unspecified atom stereocenters. The number of hydrogen-bond donors (Lipinski definition) is 2. The number of aryl methyl sites for hydroxylation is 1. The fourth-order valence-corrected chi connectivity index (χ4v) is 3.36. The normalized spacial score (nSPS) is 13.0. The molecule has 2 N–H and O–H groups in total. The Kier molecular flexibility index (Phi) is 5.57. The van der Waals surface area contributed by atoms with Crippen molar-refractivity contribution in [2.75, 3.05) is 28.6 Å². The van der Waals surface area contributed by atoms with E-state index in [4.69, 9.17) is 5.26 Å². The Labute approximate surface area is 175 Å². The molecule has 30 heavy (non-hydrogen) atoms. The maximum Gasteiger partial charge on any atom is 0.255 e. The van der Waals surface area contributed by atoms with E-state index in [0.29, 0.717) is 16.8 Å². The molecule has 0 spiro atoms. The number of hydrogen-bond acceptors (Lipinski definition) is 6. The van der Waals surface area contributed by atoms with Gasteiger partial charge in [-0.25, -0.2) is 4.98 Å². The number of nitriles is 1. The van der Waals surface area contributed by atoms with Gasteiger partial charge in [0.05, 0.1) is 11.6 Å². The van der Waals surface area contributed by atoms with Gasteiger partial charge in [0.15, 0.2) is 0 Å². The monoisotopic (exact) mass is 398 g/mol. The summed E-state index contributed by atoms with van der Waals surface area (Å²) in [5, 5.41) is 15.0. The molecule has 1 aromatic heterocycles. The van der Waals surface area contributed by atoms with Crippen LogP contribution in [0.15, 0.2) is 54.6 Å². The lowest BCUT2D eigenvalue weighted by atomic mass is 10.1. The lowest BCUT2D eigenvalue weighted by Gasteiger charge is -2.17. The summed E-state index contributed by atoms with van der Waals surface area (Å²) in [6.07, 6.45) is 2.35. The fourth-order valence-electron chi connectivity index (χ4n) is 3.36. The van der Waals surface area contributed by atoms with Crippen LogP contribution in [0.3, 0.4) is 0 Å². The topological polar surface area (TPSA) is 93.9 Å². The molecule has 1 amide bonds. The summed E-state index contributed by atoms with van der Waals surface area (Å²) >= 11 is 0. The standard InChI is InChI=1S/C23H22N6O/c1-16-14-21(28-23(25-16)29-12-2-3-13-29)26-19-8-10-20(11-9-19)27-22(30)18-6-4-17(15-24)5-7-18/h4-11,14H,2-3,12-13H2,1H3,(H,27,30)(H,25,26,28). The lowest BCUT2D eigenvalue weighted by Crippen LogP contribution is -2.21. The highest BCUT2D eigenvalue weighted by Crippen LogP contribution is 2.22. The van der Waals surface area contributed by atoms with E-state index in [1.165, 1.54) is 12.8 Å². The van der Waals surface area contributed by atoms with Crippen molar-refractivity contribution >= 4 is 29.0 Å². The predicted octanol–water partition coefficient (Wildman–Crippen LogP) is 4.25. The Morgan fingerprint density at radius 2 is 1.67 bits per heavy atom. The zero-order valence-corrected chi connectivity index (χ0v) is 16.7. The number of aromatic nitrogens is 2. The zero-order valence-electron chi connectivity index (χ0n) is 16.7. The summed E-state index contributed by atoms with van der Waals surface area (Å²) in [7, 11) is 0. The molecule has 150 valence electrons. The van der Waals surface area contributed by atoms with Crippen molar-refractivity contribution in [3.8, 4) is 6.07 Å². The number of nitrogens with zero attached hydrogens (tertiary/aromatic N) is 4. The predicted molar refractivity (Wildman–Crippen MR) is 117 cm³/mol. The molecule has 1 aliphatic heterocycles. The molecule has 0 saturated carbocycles. The number of nitrogens with one attached hydrogen (secondary N) is 2. The number of carbonyl (C=O) groups excluding carboxylic acids is 1. The minimum atomic E-state index is -0.220. The molecule has 7 nitrogen and oxygen atoms in total. The molecule has 1 fully saturated rings. The third kappa shape index (κ3) is 4.55. The molecule has 0 atom stereocenters. The van der Waals surface area contributed by atoms with Crippen LogP contribution in [0.1, 0.15) is 34.5 Å². The first-order chi connectivity index (χ1) is 14.6. The minimum Gasteiger partial charge on any atom is -0.341 e. The maximum absolute atomic E-state index is 12.4. The van der Waals surface area contributed by atoms with Crippen LogP contribution < -0.4 is 15.5 Å². The number of carbonyl (C=O) groups is 1. The van der Waals surface area contributed by atoms with Crippen molar-refractivity contribution in [3.05, 3.63) is 71.4 Å². The number of amides is 1. The van der Waals surface area contributed by atoms with Crippen molar-refractivity contribution in [2.45, 2.75) is 19.8 Å².